The van der Waals surface area contributed by atoms with Crippen LogP contribution in [0, 0.1) is 18.8 Å². The van der Waals surface area contributed by atoms with Crippen molar-refractivity contribution >= 4 is 11.9 Å². The van der Waals surface area contributed by atoms with Crippen LogP contribution in [0.15, 0.2) is 12.1 Å². The summed E-state index contributed by atoms with van der Waals surface area (Å²) in [4.78, 5) is 17.6. The molecular formula is C22H31N9O3. The molecule has 3 heterocycles. The minimum atomic E-state index is -0.750. The Balaban J connectivity index is 1.45. The summed E-state index contributed by atoms with van der Waals surface area (Å²) in [5.41, 5.74) is 2.89. The molecule has 34 heavy (non-hydrogen) atoms. The van der Waals surface area contributed by atoms with Gasteiger partial charge >= 0.3 is 5.97 Å². The molecule has 0 spiro atoms. The average Bonchev–Trinajstić information content (AvgIpc) is 3.39. The van der Waals surface area contributed by atoms with Crippen LogP contribution in [0.5, 0.6) is 5.75 Å². The second-order valence-electron chi connectivity index (χ2n) is 9.15. The van der Waals surface area contributed by atoms with Crippen LogP contribution in [0.4, 0.5) is 5.95 Å². The molecule has 12 heteroatoms. The molecule has 2 N–H and O–H groups in total. The quantitative estimate of drug-likeness (QED) is 0.479. The number of tetrazole rings is 1. The number of hydrogen-bond acceptors (Lipinski definition) is 9. The Bertz CT molecular complexity index is 1140. The molecule has 2 atom stereocenters. The van der Waals surface area contributed by atoms with Crippen LogP contribution in [0.1, 0.15) is 50.9 Å². The van der Waals surface area contributed by atoms with Gasteiger partial charge in [0.2, 0.25) is 0 Å². The molecular weight excluding hydrogens is 438 g/mol. The van der Waals surface area contributed by atoms with E-state index in [-0.39, 0.29) is 12.0 Å². The highest BCUT2D eigenvalue weighted by atomic mass is 16.5. The lowest BCUT2D eigenvalue weighted by molar-refractivity contribution is -0.143. The normalized spacial score (nSPS) is 18.3. The molecule has 0 saturated heterocycles. The summed E-state index contributed by atoms with van der Waals surface area (Å²) < 4.78 is 7.81. The van der Waals surface area contributed by atoms with Gasteiger partial charge in [-0.3, -0.25) is 4.79 Å². The van der Waals surface area contributed by atoms with Crippen molar-refractivity contribution < 1.29 is 14.6 Å². The van der Waals surface area contributed by atoms with Gasteiger partial charge < -0.3 is 15.2 Å². The van der Waals surface area contributed by atoms with Crippen LogP contribution in [0.25, 0.3) is 11.4 Å². The van der Waals surface area contributed by atoms with Gasteiger partial charge in [-0.05, 0) is 55.9 Å². The summed E-state index contributed by atoms with van der Waals surface area (Å²) in [7, 11) is 1.82. The number of carboxylic acid groups (broad SMARTS) is 1. The molecule has 1 aliphatic rings. The lowest BCUT2D eigenvalue weighted by Crippen LogP contribution is -2.29. The van der Waals surface area contributed by atoms with E-state index in [1.807, 2.05) is 26.1 Å². The Kier molecular flexibility index (Phi) is 7.03. The molecule has 3 aromatic heterocycles. The number of rotatable bonds is 9. The predicted octanol–water partition coefficient (Wildman–Crippen LogP) is 2.46. The van der Waals surface area contributed by atoms with Gasteiger partial charge in [-0.15, -0.1) is 10.2 Å². The summed E-state index contributed by atoms with van der Waals surface area (Å²) in [5.74, 6) is 0.428. The maximum Gasteiger partial charge on any atom is 0.306 e. The van der Waals surface area contributed by atoms with Crippen molar-refractivity contribution in [2.45, 2.75) is 65.6 Å². The SMILES string of the molecule is Cc1nc(-c2nnn(C)c2CNc2nnn(CC(C)C)n2)ccc1O[C@H]1CCC[C@H](C(=O)O)C1. The number of ether oxygens (including phenoxy) is 1. The van der Waals surface area contributed by atoms with E-state index in [4.69, 9.17) is 9.72 Å². The number of anilines is 1. The van der Waals surface area contributed by atoms with E-state index in [0.717, 1.165) is 24.2 Å². The van der Waals surface area contributed by atoms with Crippen LogP contribution in [0.2, 0.25) is 0 Å². The summed E-state index contributed by atoms with van der Waals surface area (Å²) >= 11 is 0. The topological polar surface area (TPSA) is 146 Å². The van der Waals surface area contributed by atoms with Gasteiger partial charge in [0.15, 0.2) is 0 Å². The first-order chi connectivity index (χ1) is 16.3. The Morgan fingerprint density at radius 2 is 2.09 bits per heavy atom. The molecule has 0 aliphatic heterocycles. The van der Waals surface area contributed by atoms with Crippen molar-refractivity contribution in [3.05, 3.63) is 23.5 Å². The minimum Gasteiger partial charge on any atom is -0.489 e. The monoisotopic (exact) mass is 469 g/mol. The maximum absolute atomic E-state index is 11.3. The van der Waals surface area contributed by atoms with Crippen molar-refractivity contribution in [2.24, 2.45) is 18.9 Å². The second kappa shape index (κ2) is 10.1. The summed E-state index contributed by atoms with van der Waals surface area (Å²) in [5, 5.41) is 33.4. The predicted molar refractivity (Wildman–Crippen MR) is 123 cm³/mol. The molecule has 0 aromatic carbocycles. The highest BCUT2D eigenvalue weighted by molar-refractivity contribution is 5.70. The number of carbonyl (C=O) groups is 1. The molecule has 1 fully saturated rings. The number of aryl methyl sites for hydroxylation is 2. The van der Waals surface area contributed by atoms with Crippen molar-refractivity contribution in [3.63, 3.8) is 0 Å². The summed E-state index contributed by atoms with van der Waals surface area (Å²) in [6.07, 6.45) is 2.81. The smallest absolute Gasteiger partial charge is 0.306 e. The molecule has 3 aromatic rings. The first kappa shape index (κ1) is 23.6. The Hall–Kier alpha value is -3.57. The number of hydrogen-bond donors (Lipinski definition) is 2. The molecule has 182 valence electrons. The third-order valence-electron chi connectivity index (χ3n) is 5.89. The Morgan fingerprint density at radius 1 is 1.26 bits per heavy atom. The van der Waals surface area contributed by atoms with Crippen LogP contribution in [-0.4, -0.2) is 57.4 Å². The number of carboxylic acids is 1. The van der Waals surface area contributed by atoms with Gasteiger partial charge in [0.1, 0.15) is 11.4 Å². The van der Waals surface area contributed by atoms with Gasteiger partial charge in [0.25, 0.3) is 5.95 Å². The number of aliphatic carboxylic acids is 1. The number of pyridine rings is 1. The first-order valence-corrected chi connectivity index (χ1v) is 11.6. The van der Waals surface area contributed by atoms with Crippen LogP contribution < -0.4 is 10.1 Å². The minimum absolute atomic E-state index is 0.117. The van der Waals surface area contributed by atoms with Crippen molar-refractivity contribution in [3.8, 4) is 17.1 Å². The molecule has 0 bridgehead atoms. The standard InChI is InChI=1S/C22H31N9O3/c1-13(2)12-31-27-22(26-29-31)23-11-18-20(25-28-30(18)4)17-8-9-19(14(3)24-17)34-16-7-5-6-15(10-16)21(32)33/h8-9,13,15-16H,5-7,10-12H2,1-4H3,(H,23,27)(H,32,33)/t15-,16-/m0/s1. The van der Waals surface area contributed by atoms with E-state index < -0.39 is 5.97 Å². The largest absolute Gasteiger partial charge is 0.489 e. The molecule has 12 nitrogen and oxygen atoms in total. The summed E-state index contributed by atoms with van der Waals surface area (Å²) in [6, 6.07) is 3.72. The van der Waals surface area contributed by atoms with Gasteiger partial charge in [-0.1, -0.05) is 24.2 Å². The molecule has 0 radical (unpaired) electrons. The third-order valence-corrected chi connectivity index (χ3v) is 5.89. The zero-order chi connectivity index (χ0) is 24.2. The molecule has 0 unspecified atom stereocenters. The first-order valence-electron chi connectivity index (χ1n) is 11.6. The van der Waals surface area contributed by atoms with Gasteiger partial charge in [0.05, 0.1) is 42.2 Å². The van der Waals surface area contributed by atoms with Gasteiger partial charge in [-0.2, -0.15) is 4.80 Å². The number of nitrogens with zero attached hydrogens (tertiary/aromatic N) is 8. The zero-order valence-electron chi connectivity index (χ0n) is 20.0. The van der Waals surface area contributed by atoms with E-state index in [0.29, 0.717) is 54.9 Å². The van der Waals surface area contributed by atoms with Crippen LogP contribution in [-0.2, 0) is 24.9 Å². The average molecular weight is 470 g/mol. The number of aromatic nitrogens is 8. The number of nitrogens with one attached hydrogen (secondary N) is 1. The summed E-state index contributed by atoms with van der Waals surface area (Å²) in [6.45, 7) is 7.17. The fourth-order valence-corrected chi connectivity index (χ4v) is 4.12. The molecule has 1 aliphatic carbocycles. The lowest BCUT2D eigenvalue weighted by Gasteiger charge is -2.27. The van der Waals surface area contributed by atoms with Gasteiger partial charge in [0, 0.05) is 7.05 Å². The maximum atomic E-state index is 11.3. The van der Waals surface area contributed by atoms with Crippen molar-refractivity contribution in [2.75, 3.05) is 5.32 Å². The Labute approximate surface area is 197 Å². The van der Waals surface area contributed by atoms with E-state index in [2.05, 4.69) is 44.9 Å². The fourth-order valence-electron chi connectivity index (χ4n) is 4.12. The van der Waals surface area contributed by atoms with Gasteiger partial charge in [-0.25, -0.2) is 9.67 Å². The third kappa shape index (κ3) is 5.49. The van der Waals surface area contributed by atoms with E-state index in [9.17, 15) is 9.90 Å². The van der Waals surface area contributed by atoms with Crippen molar-refractivity contribution in [1.82, 2.24) is 40.2 Å². The highest BCUT2D eigenvalue weighted by Gasteiger charge is 2.28. The van der Waals surface area contributed by atoms with Crippen LogP contribution in [0.3, 0.4) is 0 Å². The fraction of sp³-hybridized carbons (Fsp3) is 0.591. The van der Waals surface area contributed by atoms with E-state index in [1.165, 1.54) is 0 Å². The Morgan fingerprint density at radius 3 is 2.82 bits per heavy atom. The molecule has 4 rings (SSSR count). The van der Waals surface area contributed by atoms with Crippen molar-refractivity contribution in [1.29, 1.82) is 0 Å². The molecule has 0 amide bonds. The van der Waals surface area contributed by atoms with E-state index >= 15 is 0 Å². The highest BCUT2D eigenvalue weighted by Crippen LogP contribution is 2.30. The zero-order valence-corrected chi connectivity index (χ0v) is 20.0. The molecule has 1 saturated carbocycles. The van der Waals surface area contributed by atoms with Crippen LogP contribution >= 0.6 is 0 Å². The second-order valence-corrected chi connectivity index (χ2v) is 9.15. The van der Waals surface area contributed by atoms with E-state index in [1.54, 1.807) is 9.48 Å². The lowest BCUT2D eigenvalue weighted by atomic mass is 9.87.